The predicted octanol–water partition coefficient (Wildman–Crippen LogP) is 7.31. The molecular formula is C24H42OSi. The SMILES string of the molecule is CCCCCCCCCCC(=C[Si](C)(C)C)C(O)CCc1ccccc1. The Morgan fingerprint density at radius 3 is 2.08 bits per heavy atom. The van der Waals surface area contributed by atoms with Crippen LogP contribution in [0.2, 0.25) is 19.6 Å². The van der Waals surface area contributed by atoms with Gasteiger partial charge in [-0.1, -0.05) is 108 Å². The fourth-order valence-corrected chi connectivity index (χ4v) is 4.94. The van der Waals surface area contributed by atoms with Gasteiger partial charge < -0.3 is 5.11 Å². The largest absolute Gasteiger partial charge is 0.389 e. The maximum absolute atomic E-state index is 10.8. The van der Waals surface area contributed by atoms with Crippen LogP contribution in [0.15, 0.2) is 41.6 Å². The van der Waals surface area contributed by atoms with Crippen molar-refractivity contribution in [1.29, 1.82) is 0 Å². The quantitative estimate of drug-likeness (QED) is 0.267. The van der Waals surface area contributed by atoms with Crippen molar-refractivity contribution in [2.24, 2.45) is 0 Å². The summed E-state index contributed by atoms with van der Waals surface area (Å²) in [5.41, 5.74) is 5.08. The lowest BCUT2D eigenvalue weighted by atomic mass is 9.97. The van der Waals surface area contributed by atoms with E-state index >= 15 is 0 Å². The van der Waals surface area contributed by atoms with Crippen molar-refractivity contribution in [3.63, 3.8) is 0 Å². The Bertz CT molecular complexity index is 487. The van der Waals surface area contributed by atoms with Crippen LogP contribution in [-0.2, 0) is 6.42 Å². The number of aliphatic hydroxyl groups excluding tert-OH is 1. The van der Waals surface area contributed by atoms with Gasteiger partial charge in [-0.25, -0.2) is 0 Å². The minimum atomic E-state index is -1.30. The second-order valence-electron chi connectivity index (χ2n) is 8.85. The first-order chi connectivity index (χ1) is 12.4. The zero-order valence-electron chi connectivity index (χ0n) is 17.8. The van der Waals surface area contributed by atoms with Crippen LogP contribution in [0.1, 0.15) is 76.7 Å². The molecule has 0 aliphatic carbocycles. The van der Waals surface area contributed by atoms with Crippen LogP contribution in [0, 0.1) is 0 Å². The van der Waals surface area contributed by atoms with E-state index in [4.69, 9.17) is 0 Å². The molecule has 1 aromatic carbocycles. The van der Waals surface area contributed by atoms with Crippen LogP contribution >= 0.6 is 0 Å². The highest BCUT2D eigenvalue weighted by Crippen LogP contribution is 2.21. The number of hydrogen-bond donors (Lipinski definition) is 1. The summed E-state index contributed by atoms with van der Waals surface area (Å²) in [6, 6.07) is 10.5. The molecule has 0 saturated carbocycles. The van der Waals surface area contributed by atoms with E-state index in [2.05, 4.69) is 62.6 Å². The van der Waals surface area contributed by atoms with Crippen molar-refractivity contribution in [2.45, 2.75) is 103 Å². The van der Waals surface area contributed by atoms with Gasteiger partial charge in [-0.2, -0.15) is 0 Å². The zero-order chi connectivity index (χ0) is 19.3. The van der Waals surface area contributed by atoms with Gasteiger partial charge in [-0.15, -0.1) is 0 Å². The Hall–Kier alpha value is -0.863. The van der Waals surface area contributed by atoms with Crippen LogP contribution in [0.3, 0.4) is 0 Å². The average Bonchev–Trinajstić information content (AvgIpc) is 2.60. The molecule has 0 bridgehead atoms. The van der Waals surface area contributed by atoms with Gasteiger partial charge in [0.1, 0.15) is 0 Å². The molecule has 2 heteroatoms. The lowest BCUT2D eigenvalue weighted by Crippen LogP contribution is -2.21. The molecular weight excluding hydrogens is 332 g/mol. The standard InChI is InChI=1S/C24H42OSi/c1-5-6-7-8-9-10-11-15-18-23(21-26(2,3)4)24(25)20-19-22-16-13-12-14-17-22/h12-14,16-17,21,24-25H,5-11,15,18-20H2,1-4H3. The molecule has 0 aliphatic rings. The van der Waals surface area contributed by atoms with Crippen molar-refractivity contribution in [2.75, 3.05) is 0 Å². The highest BCUT2D eigenvalue weighted by atomic mass is 28.3. The molecule has 0 aromatic heterocycles. The van der Waals surface area contributed by atoms with Crippen molar-refractivity contribution in [3.8, 4) is 0 Å². The Morgan fingerprint density at radius 1 is 0.923 bits per heavy atom. The molecule has 1 unspecified atom stereocenters. The summed E-state index contributed by atoms with van der Waals surface area (Å²) in [6.07, 6.45) is 13.4. The smallest absolute Gasteiger partial charge is 0.0749 e. The molecule has 1 N–H and O–H groups in total. The minimum Gasteiger partial charge on any atom is -0.389 e. The molecule has 0 radical (unpaired) electrons. The van der Waals surface area contributed by atoms with Crippen LogP contribution in [-0.4, -0.2) is 19.3 Å². The maximum atomic E-state index is 10.8. The summed E-state index contributed by atoms with van der Waals surface area (Å²) in [4.78, 5) is 0. The molecule has 1 rings (SSSR count). The van der Waals surface area contributed by atoms with Gasteiger partial charge in [0.05, 0.1) is 14.2 Å². The summed E-state index contributed by atoms with van der Waals surface area (Å²) in [5.74, 6) is 0. The van der Waals surface area contributed by atoms with E-state index < -0.39 is 8.07 Å². The monoisotopic (exact) mass is 374 g/mol. The number of aliphatic hydroxyl groups is 1. The molecule has 0 fully saturated rings. The molecule has 1 aromatic rings. The van der Waals surface area contributed by atoms with Crippen molar-refractivity contribution < 1.29 is 5.11 Å². The molecule has 1 nitrogen and oxygen atoms in total. The second kappa shape index (κ2) is 13.3. The zero-order valence-corrected chi connectivity index (χ0v) is 18.8. The third kappa shape index (κ3) is 11.7. The van der Waals surface area contributed by atoms with E-state index in [1.807, 2.05) is 0 Å². The molecule has 0 spiro atoms. The van der Waals surface area contributed by atoms with Crippen LogP contribution < -0.4 is 0 Å². The third-order valence-electron chi connectivity index (χ3n) is 4.91. The van der Waals surface area contributed by atoms with E-state index in [1.165, 1.54) is 62.5 Å². The molecule has 0 amide bonds. The Kier molecular flexibility index (Phi) is 11.9. The first kappa shape index (κ1) is 23.2. The van der Waals surface area contributed by atoms with Crippen molar-refractivity contribution in [3.05, 3.63) is 47.2 Å². The Balaban J connectivity index is 2.40. The molecule has 0 heterocycles. The van der Waals surface area contributed by atoms with Crippen LogP contribution in [0.5, 0.6) is 0 Å². The number of benzene rings is 1. The van der Waals surface area contributed by atoms with Crippen LogP contribution in [0.4, 0.5) is 0 Å². The third-order valence-corrected chi connectivity index (χ3v) is 6.15. The summed E-state index contributed by atoms with van der Waals surface area (Å²) in [7, 11) is -1.30. The van der Waals surface area contributed by atoms with Gasteiger partial charge in [0.25, 0.3) is 0 Å². The van der Waals surface area contributed by atoms with Gasteiger partial charge in [-0.05, 0) is 36.8 Å². The highest BCUT2D eigenvalue weighted by molar-refractivity contribution is 6.81. The van der Waals surface area contributed by atoms with E-state index in [9.17, 15) is 5.11 Å². The molecule has 1 atom stereocenters. The summed E-state index contributed by atoms with van der Waals surface area (Å²) >= 11 is 0. The molecule has 148 valence electrons. The topological polar surface area (TPSA) is 20.2 Å². The van der Waals surface area contributed by atoms with E-state index in [-0.39, 0.29) is 6.10 Å². The van der Waals surface area contributed by atoms with Crippen LogP contribution in [0.25, 0.3) is 0 Å². The lowest BCUT2D eigenvalue weighted by Gasteiger charge is -2.20. The minimum absolute atomic E-state index is 0.272. The number of rotatable bonds is 14. The van der Waals surface area contributed by atoms with Gasteiger partial charge >= 0.3 is 0 Å². The van der Waals surface area contributed by atoms with E-state index in [0.717, 1.165) is 19.3 Å². The van der Waals surface area contributed by atoms with Gasteiger partial charge in [0.2, 0.25) is 0 Å². The highest BCUT2D eigenvalue weighted by Gasteiger charge is 2.16. The summed E-state index contributed by atoms with van der Waals surface area (Å²) < 4.78 is 0. The van der Waals surface area contributed by atoms with Gasteiger partial charge in [0.15, 0.2) is 0 Å². The number of unbranched alkanes of at least 4 members (excludes halogenated alkanes) is 7. The van der Waals surface area contributed by atoms with Gasteiger partial charge in [0, 0.05) is 0 Å². The number of hydrogen-bond acceptors (Lipinski definition) is 1. The van der Waals surface area contributed by atoms with Crippen molar-refractivity contribution >= 4 is 8.07 Å². The lowest BCUT2D eigenvalue weighted by molar-refractivity contribution is 0.196. The fraction of sp³-hybridized carbons (Fsp3) is 0.667. The first-order valence-corrected chi connectivity index (χ1v) is 14.4. The fourth-order valence-electron chi connectivity index (χ4n) is 3.49. The normalized spacial score (nSPS) is 13.8. The van der Waals surface area contributed by atoms with Crippen molar-refractivity contribution in [1.82, 2.24) is 0 Å². The van der Waals surface area contributed by atoms with Gasteiger partial charge in [-0.3, -0.25) is 0 Å². The first-order valence-electron chi connectivity index (χ1n) is 10.9. The Morgan fingerprint density at radius 2 is 1.50 bits per heavy atom. The maximum Gasteiger partial charge on any atom is 0.0749 e. The summed E-state index contributed by atoms with van der Waals surface area (Å²) in [5, 5.41) is 10.8. The molecule has 0 saturated heterocycles. The summed E-state index contributed by atoms with van der Waals surface area (Å²) in [6.45, 7) is 9.37. The predicted molar refractivity (Wildman–Crippen MR) is 119 cm³/mol. The Labute approximate surface area is 163 Å². The molecule has 26 heavy (non-hydrogen) atoms. The second-order valence-corrected chi connectivity index (χ2v) is 13.9. The number of aryl methyl sites for hydroxylation is 1. The van der Waals surface area contributed by atoms with E-state index in [1.54, 1.807) is 0 Å². The van der Waals surface area contributed by atoms with E-state index in [0.29, 0.717) is 0 Å². The molecule has 0 aliphatic heterocycles. The average molecular weight is 375 g/mol.